The quantitative estimate of drug-likeness (QED) is 0.745. The van der Waals surface area contributed by atoms with Crippen LogP contribution in [0.25, 0.3) is 0 Å². The average molecular weight is 284 g/mol. The van der Waals surface area contributed by atoms with Gasteiger partial charge in [-0.1, -0.05) is 0 Å². The predicted octanol–water partition coefficient (Wildman–Crippen LogP) is 0.949. The minimum atomic E-state index is -1.36. The highest BCUT2D eigenvalue weighted by Crippen LogP contribution is 2.07. The summed E-state index contributed by atoms with van der Waals surface area (Å²) < 4.78 is 9.19. The zero-order valence-electron chi connectivity index (χ0n) is 10.7. The van der Waals surface area contributed by atoms with E-state index >= 15 is 0 Å². The molecule has 0 spiro atoms. The number of carbonyl (C=O) groups is 3. The monoisotopic (exact) mass is 283 g/mol. The second-order valence-corrected chi connectivity index (χ2v) is 4.32. The topological polar surface area (TPSA) is 102 Å². The Hall–Kier alpha value is -1.50. The Balaban J connectivity index is 0. The Bertz CT molecular complexity index is 312. The van der Waals surface area contributed by atoms with Crippen molar-refractivity contribution in [1.29, 1.82) is 0 Å². The molecule has 1 amide bonds. The van der Waals surface area contributed by atoms with Crippen LogP contribution in [0.5, 0.6) is 0 Å². The number of carboxylic acid groups (broad SMARTS) is 1. The van der Waals surface area contributed by atoms with Crippen LogP contribution in [0.3, 0.4) is 0 Å². The number of methoxy groups -OCH3 is 1. The van der Waals surface area contributed by atoms with Crippen molar-refractivity contribution in [2.75, 3.05) is 7.11 Å². The van der Waals surface area contributed by atoms with E-state index in [1.807, 2.05) is 0 Å². The molecule has 0 aromatic rings. The Morgan fingerprint density at radius 2 is 1.78 bits per heavy atom. The van der Waals surface area contributed by atoms with E-state index in [1.54, 1.807) is 20.8 Å². The number of hydrogen-bond donors (Lipinski definition) is 2. The van der Waals surface area contributed by atoms with Crippen molar-refractivity contribution in [2.45, 2.75) is 38.8 Å². The number of ether oxygens (including phenoxy) is 2. The standard InChI is InChI=1S/C10H17NO6.ClH/c1-10(2,3)17-9(15)11-6(8(13)14)5-7(12)16-4;/h6H,5H2,1-4H3,(H,11,15)(H,13,14);1H. The molecule has 0 saturated heterocycles. The second kappa shape index (κ2) is 7.75. The Labute approximate surface area is 111 Å². The summed E-state index contributed by atoms with van der Waals surface area (Å²) in [5, 5.41) is 10.9. The van der Waals surface area contributed by atoms with Gasteiger partial charge in [-0.25, -0.2) is 9.59 Å². The van der Waals surface area contributed by atoms with Gasteiger partial charge in [0.25, 0.3) is 0 Å². The normalized spacial score (nSPS) is 11.8. The summed E-state index contributed by atoms with van der Waals surface area (Å²) in [6.45, 7) is 4.92. The first-order chi connectivity index (χ1) is 7.65. The minimum absolute atomic E-state index is 0. The van der Waals surface area contributed by atoms with Gasteiger partial charge in [0.1, 0.15) is 11.6 Å². The number of carboxylic acids is 1. The SMILES string of the molecule is COC(=O)CC(NC(=O)OC(C)(C)C)C(=O)O.Cl. The van der Waals surface area contributed by atoms with E-state index in [0.29, 0.717) is 0 Å². The molecule has 0 saturated carbocycles. The van der Waals surface area contributed by atoms with Crippen LogP contribution in [0.1, 0.15) is 27.2 Å². The number of halogens is 1. The van der Waals surface area contributed by atoms with Crippen LogP contribution in [0.15, 0.2) is 0 Å². The van der Waals surface area contributed by atoms with Crippen LogP contribution in [0.2, 0.25) is 0 Å². The second-order valence-electron chi connectivity index (χ2n) is 4.32. The van der Waals surface area contributed by atoms with Crippen LogP contribution >= 0.6 is 12.4 Å². The number of carbonyl (C=O) groups excluding carboxylic acids is 2. The van der Waals surface area contributed by atoms with Gasteiger partial charge in [-0.15, -0.1) is 12.4 Å². The van der Waals surface area contributed by atoms with Gasteiger partial charge in [-0.2, -0.15) is 0 Å². The maximum atomic E-state index is 11.3. The largest absolute Gasteiger partial charge is 0.480 e. The van der Waals surface area contributed by atoms with E-state index in [2.05, 4.69) is 10.1 Å². The van der Waals surface area contributed by atoms with Crippen molar-refractivity contribution in [3.8, 4) is 0 Å². The highest BCUT2D eigenvalue weighted by atomic mass is 35.5. The Kier molecular flexibility index (Phi) is 8.12. The third-order valence-electron chi connectivity index (χ3n) is 1.59. The molecule has 0 aliphatic carbocycles. The van der Waals surface area contributed by atoms with Gasteiger partial charge >= 0.3 is 18.0 Å². The van der Waals surface area contributed by atoms with Gasteiger partial charge in [0.2, 0.25) is 0 Å². The molecular weight excluding hydrogens is 266 g/mol. The predicted molar refractivity (Wildman–Crippen MR) is 64.7 cm³/mol. The molecular formula is C10H18ClNO6. The molecule has 0 heterocycles. The van der Waals surface area contributed by atoms with E-state index in [1.165, 1.54) is 0 Å². The average Bonchev–Trinajstić information content (AvgIpc) is 2.13. The van der Waals surface area contributed by atoms with E-state index < -0.39 is 36.1 Å². The summed E-state index contributed by atoms with van der Waals surface area (Å²) in [6, 6.07) is -1.36. The molecule has 8 heteroatoms. The first kappa shape index (κ1) is 18.9. The Morgan fingerprint density at radius 3 is 2.11 bits per heavy atom. The van der Waals surface area contributed by atoms with Crippen molar-refractivity contribution in [3.05, 3.63) is 0 Å². The summed E-state index contributed by atoms with van der Waals surface area (Å²) in [7, 11) is 1.13. The molecule has 2 N–H and O–H groups in total. The number of aliphatic carboxylic acids is 1. The fourth-order valence-corrected chi connectivity index (χ4v) is 0.900. The van der Waals surface area contributed by atoms with Crippen LogP contribution in [0.4, 0.5) is 4.79 Å². The van der Waals surface area contributed by atoms with Crippen molar-refractivity contribution in [3.63, 3.8) is 0 Å². The van der Waals surface area contributed by atoms with Gasteiger partial charge in [0.05, 0.1) is 13.5 Å². The van der Waals surface area contributed by atoms with Crippen molar-refractivity contribution < 1.29 is 29.0 Å². The first-order valence-corrected chi connectivity index (χ1v) is 4.95. The number of nitrogens with one attached hydrogen (secondary N) is 1. The van der Waals surface area contributed by atoms with Gasteiger partial charge in [0, 0.05) is 0 Å². The lowest BCUT2D eigenvalue weighted by atomic mass is 10.2. The summed E-state index contributed by atoms with van der Waals surface area (Å²) in [6.07, 6.45) is -1.35. The van der Waals surface area contributed by atoms with Crippen molar-refractivity contribution >= 4 is 30.4 Å². The van der Waals surface area contributed by atoms with Gasteiger partial charge < -0.3 is 19.9 Å². The molecule has 0 aromatic carbocycles. The summed E-state index contributed by atoms with van der Waals surface area (Å²) >= 11 is 0. The molecule has 0 bridgehead atoms. The summed E-state index contributed by atoms with van der Waals surface area (Å²) in [5.74, 6) is -2.06. The van der Waals surface area contributed by atoms with Gasteiger partial charge in [-0.05, 0) is 20.8 Å². The lowest BCUT2D eigenvalue weighted by Gasteiger charge is -2.21. The van der Waals surface area contributed by atoms with Crippen LogP contribution in [0, 0.1) is 0 Å². The lowest BCUT2D eigenvalue weighted by Crippen LogP contribution is -2.44. The molecule has 0 aliphatic heterocycles. The van der Waals surface area contributed by atoms with Crippen molar-refractivity contribution in [1.82, 2.24) is 5.32 Å². The zero-order chi connectivity index (χ0) is 13.6. The van der Waals surface area contributed by atoms with Gasteiger partial charge in [-0.3, -0.25) is 4.79 Å². The smallest absolute Gasteiger partial charge is 0.408 e. The maximum absolute atomic E-state index is 11.3. The number of hydrogen-bond acceptors (Lipinski definition) is 5. The van der Waals surface area contributed by atoms with Gasteiger partial charge in [0.15, 0.2) is 0 Å². The fourth-order valence-electron chi connectivity index (χ4n) is 0.900. The summed E-state index contributed by atoms with van der Waals surface area (Å²) in [4.78, 5) is 33.0. The first-order valence-electron chi connectivity index (χ1n) is 4.95. The van der Waals surface area contributed by atoms with E-state index in [4.69, 9.17) is 9.84 Å². The van der Waals surface area contributed by atoms with E-state index in [0.717, 1.165) is 7.11 Å². The molecule has 106 valence electrons. The highest BCUT2D eigenvalue weighted by Gasteiger charge is 2.26. The zero-order valence-corrected chi connectivity index (χ0v) is 11.5. The number of amides is 1. The summed E-state index contributed by atoms with van der Waals surface area (Å²) in [5.41, 5.74) is -0.738. The van der Waals surface area contributed by atoms with Crippen LogP contribution < -0.4 is 5.32 Å². The number of esters is 1. The molecule has 0 rings (SSSR count). The maximum Gasteiger partial charge on any atom is 0.408 e. The fraction of sp³-hybridized carbons (Fsp3) is 0.700. The van der Waals surface area contributed by atoms with Crippen LogP contribution in [-0.2, 0) is 19.1 Å². The number of rotatable bonds is 4. The molecule has 0 aromatic heterocycles. The third kappa shape index (κ3) is 8.63. The van der Waals surface area contributed by atoms with Crippen LogP contribution in [-0.4, -0.2) is 41.9 Å². The molecule has 1 atom stereocenters. The Morgan fingerprint density at radius 1 is 1.28 bits per heavy atom. The molecule has 0 radical (unpaired) electrons. The molecule has 0 aliphatic rings. The highest BCUT2D eigenvalue weighted by molar-refractivity contribution is 5.85. The third-order valence-corrected chi connectivity index (χ3v) is 1.59. The lowest BCUT2D eigenvalue weighted by molar-refractivity contribution is -0.147. The molecule has 18 heavy (non-hydrogen) atoms. The number of alkyl carbamates (subject to hydrolysis) is 1. The molecule has 7 nitrogen and oxygen atoms in total. The molecule has 0 fully saturated rings. The molecule has 1 unspecified atom stereocenters. The van der Waals surface area contributed by atoms with E-state index in [-0.39, 0.29) is 12.4 Å². The van der Waals surface area contributed by atoms with Crippen molar-refractivity contribution in [2.24, 2.45) is 0 Å². The van der Waals surface area contributed by atoms with E-state index in [9.17, 15) is 14.4 Å². The minimum Gasteiger partial charge on any atom is -0.480 e.